The number of carbonyl (C=O) groups is 1. The number of hydrogen-bond acceptors (Lipinski definition) is 3. The molecule has 1 aliphatic heterocycles. The van der Waals surface area contributed by atoms with Crippen LogP contribution in [0, 0.1) is 0 Å². The summed E-state index contributed by atoms with van der Waals surface area (Å²) in [5, 5.41) is 7.24. The van der Waals surface area contributed by atoms with Crippen molar-refractivity contribution < 1.29 is 4.79 Å². The Hall–Kier alpha value is -1.36. The fourth-order valence-corrected chi connectivity index (χ4v) is 3.01. The highest BCUT2D eigenvalue weighted by Crippen LogP contribution is 2.39. The fourth-order valence-electron chi connectivity index (χ4n) is 3.01. The van der Waals surface area contributed by atoms with Crippen molar-refractivity contribution in [3.63, 3.8) is 0 Å². The average molecular weight is 276 g/mol. The Morgan fingerprint density at radius 2 is 2.10 bits per heavy atom. The Balaban J connectivity index is 1.63. The molecule has 5 nitrogen and oxygen atoms in total. The molecule has 1 saturated carbocycles. The number of aromatic nitrogens is 2. The first-order valence-electron chi connectivity index (χ1n) is 7.66. The maximum absolute atomic E-state index is 12.5. The van der Waals surface area contributed by atoms with Crippen molar-refractivity contribution in [1.82, 2.24) is 20.0 Å². The quantitative estimate of drug-likeness (QED) is 0.916. The molecule has 1 atom stereocenters. The van der Waals surface area contributed by atoms with Crippen LogP contribution in [0.3, 0.4) is 0 Å². The van der Waals surface area contributed by atoms with Gasteiger partial charge in [-0.05, 0) is 52.3 Å². The lowest BCUT2D eigenvalue weighted by atomic mass is 10.1. The van der Waals surface area contributed by atoms with E-state index in [1.54, 1.807) is 0 Å². The zero-order chi connectivity index (χ0) is 14.1. The van der Waals surface area contributed by atoms with E-state index in [-0.39, 0.29) is 5.91 Å². The van der Waals surface area contributed by atoms with Gasteiger partial charge in [0.2, 0.25) is 0 Å². The van der Waals surface area contributed by atoms with Crippen molar-refractivity contribution >= 4 is 5.91 Å². The monoisotopic (exact) mass is 276 g/mol. The second kappa shape index (κ2) is 5.56. The van der Waals surface area contributed by atoms with Crippen molar-refractivity contribution in [2.24, 2.45) is 0 Å². The number of nitrogens with one attached hydrogen (secondary N) is 1. The van der Waals surface area contributed by atoms with Gasteiger partial charge in [0.1, 0.15) is 5.69 Å². The zero-order valence-electron chi connectivity index (χ0n) is 12.4. The van der Waals surface area contributed by atoms with E-state index in [9.17, 15) is 4.79 Å². The molecular formula is C15H24N4O. The second-order valence-corrected chi connectivity index (χ2v) is 6.32. The van der Waals surface area contributed by atoms with Crippen LogP contribution < -0.4 is 0 Å². The molecule has 1 saturated heterocycles. The molecular weight excluding hydrogens is 252 g/mol. The summed E-state index contributed by atoms with van der Waals surface area (Å²) >= 11 is 0. The Morgan fingerprint density at radius 3 is 2.80 bits per heavy atom. The molecule has 0 bridgehead atoms. The summed E-state index contributed by atoms with van der Waals surface area (Å²) in [5.41, 5.74) is 1.73. The third-order valence-corrected chi connectivity index (χ3v) is 4.55. The molecule has 110 valence electrons. The lowest BCUT2D eigenvalue weighted by molar-refractivity contribution is 0.0752. The molecule has 1 N–H and O–H groups in total. The van der Waals surface area contributed by atoms with Gasteiger partial charge < -0.3 is 9.80 Å². The average Bonchev–Trinajstić information content (AvgIpc) is 3.21. The summed E-state index contributed by atoms with van der Waals surface area (Å²) in [6.07, 6.45) is 5.76. The maximum atomic E-state index is 12.5. The molecule has 5 heteroatoms. The number of aromatic amines is 1. The molecule has 1 aromatic heterocycles. The van der Waals surface area contributed by atoms with E-state index in [1.165, 1.54) is 19.3 Å². The third kappa shape index (κ3) is 2.87. The van der Waals surface area contributed by atoms with Crippen LogP contribution in [-0.2, 0) is 0 Å². The molecule has 2 aliphatic rings. The Kier molecular flexibility index (Phi) is 3.78. The molecule has 0 aromatic carbocycles. The van der Waals surface area contributed by atoms with E-state index in [0.29, 0.717) is 17.7 Å². The molecule has 2 fully saturated rings. The minimum Gasteiger partial charge on any atom is -0.337 e. The van der Waals surface area contributed by atoms with Crippen LogP contribution in [0.4, 0.5) is 0 Å². The molecule has 0 radical (unpaired) electrons. The molecule has 1 amide bonds. The highest BCUT2D eigenvalue weighted by Gasteiger charge is 2.28. The van der Waals surface area contributed by atoms with Crippen molar-refractivity contribution in [1.29, 1.82) is 0 Å². The van der Waals surface area contributed by atoms with E-state index in [2.05, 4.69) is 29.2 Å². The van der Waals surface area contributed by atoms with Crippen molar-refractivity contribution in [2.75, 3.05) is 27.2 Å². The summed E-state index contributed by atoms with van der Waals surface area (Å²) in [7, 11) is 4.25. The Morgan fingerprint density at radius 1 is 1.30 bits per heavy atom. The largest absolute Gasteiger partial charge is 0.337 e. The topological polar surface area (TPSA) is 52.2 Å². The van der Waals surface area contributed by atoms with Crippen LogP contribution >= 0.6 is 0 Å². The number of nitrogens with zero attached hydrogens (tertiary/aromatic N) is 3. The predicted octanol–water partition coefficient (Wildman–Crippen LogP) is 1.84. The molecule has 1 unspecified atom stereocenters. The second-order valence-electron chi connectivity index (χ2n) is 6.32. The highest BCUT2D eigenvalue weighted by molar-refractivity contribution is 5.92. The summed E-state index contributed by atoms with van der Waals surface area (Å²) in [6.45, 7) is 1.70. The molecule has 1 aliphatic carbocycles. The van der Waals surface area contributed by atoms with Gasteiger partial charge in [0.25, 0.3) is 5.91 Å². The summed E-state index contributed by atoms with van der Waals surface area (Å²) in [5.74, 6) is 0.707. The SMILES string of the molecule is CN(C)C1CCCN(C(=O)c2cc(C3CC3)[nH]n2)CC1. The zero-order valence-corrected chi connectivity index (χ0v) is 12.4. The standard InChI is InChI=1S/C15H24N4O/c1-18(2)12-4-3-8-19(9-7-12)15(20)14-10-13(16-17-14)11-5-6-11/h10-12H,3-9H2,1-2H3,(H,16,17). The van der Waals surface area contributed by atoms with Gasteiger partial charge in [-0.25, -0.2) is 0 Å². The van der Waals surface area contributed by atoms with Crippen LogP contribution in [0.25, 0.3) is 0 Å². The molecule has 1 aromatic rings. The number of rotatable bonds is 3. The van der Waals surface area contributed by atoms with Crippen LogP contribution in [0.15, 0.2) is 6.07 Å². The van der Waals surface area contributed by atoms with Gasteiger partial charge in [-0.2, -0.15) is 5.10 Å². The molecule has 0 spiro atoms. The van der Waals surface area contributed by atoms with Crippen LogP contribution in [0.2, 0.25) is 0 Å². The minimum absolute atomic E-state index is 0.0903. The molecule has 3 rings (SSSR count). The fraction of sp³-hybridized carbons (Fsp3) is 0.733. The Labute approximate surface area is 120 Å². The highest BCUT2D eigenvalue weighted by atomic mass is 16.2. The van der Waals surface area contributed by atoms with E-state index < -0.39 is 0 Å². The minimum atomic E-state index is 0.0903. The first-order valence-corrected chi connectivity index (χ1v) is 7.66. The van der Waals surface area contributed by atoms with Crippen molar-refractivity contribution in [2.45, 2.75) is 44.1 Å². The lowest BCUT2D eigenvalue weighted by Crippen LogP contribution is -2.34. The van der Waals surface area contributed by atoms with Gasteiger partial charge in [0.05, 0.1) is 0 Å². The van der Waals surface area contributed by atoms with E-state index in [1.807, 2.05) is 11.0 Å². The predicted molar refractivity (Wildman–Crippen MR) is 77.8 cm³/mol. The summed E-state index contributed by atoms with van der Waals surface area (Å²) in [6, 6.07) is 2.54. The maximum Gasteiger partial charge on any atom is 0.274 e. The van der Waals surface area contributed by atoms with Crippen molar-refractivity contribution in [3.8, 4) is 0 Å². The van der Waals surface area contributed by atoms with Crippen molar-refractivity contribution in [3.05, 3.63) is 17.5 Å². The molecule has 2 heterocycles. The van der Waals surface area contributed by atoms with Gasteiger partial charge in [-0.3, -0.25) is 9.89 Å². The smallest absolute Gasteiger partial charge is 0.274 e. The third-order valence-electron chi connectivity index (χ3n) is 4.55. The first-order chi connectivity index (χ1) is 9.65. The molecule has 20 heavy (non-hydrogen) atoms. The van der Waals surface area contributed by atoms with E-state index in [0.717, 1.165) is 31.6 Å². The lowest BCUT2D eigenvalue weighted by Gasteiger charge is -2.23. The van der Waals surface area contributed by atoms with Crippen LogP contribution in [0.1, 0.15) is 54.2 Å². The van der Waals surface area contributed by atoms with E-state index >= 15 is 0 Å². The van der Waals surface area contributed by atoms with E-state index in [4.69, 9.17) is 0 Å². The summed E-state index contributed by atoms with van der Waals surface area (Å²) < 4.78 is 0. The Bertz CT molecular complexity index is 478. The first kappa shape index (κ1) is 13.6. The van der Waals surface area contributed by atoms with Gasteiger partial charge in [-0.15, -0.1) is 0 Å². The van der Waals surface area contributed by atoms with Gasteiger partial charge in [0, 0.05) is 30.7 Å². The number of carbonyl (C=O) groups excluding carboxylic acids is 1. The van der Waals surface area contributed by atoms with Crippen LogP contribution in [-0.4, -0.2) is 59.1 Å². The normalized spacial score (nSPS) is 23.9. The number of likely N-dealkylation sites (tertiary alicyclic amines) is 1. The van der Waals surface area contributed by atoms with Gasteiger partial charge >= 0.3 is 0 Å². The summed E-state index contributed by atoms with van der Waals surface area (Å²) in [4.78, 5) is 16.8. The number of amides is 1. The number of H-pyrrole nitrogens is 1. The number of hydrogen-bond donors (Lipinski definition) is 1. The van der Waals surface area contributed by atoms with Crippen LogP contribution in [0.5, 0.6) is 0 Å². The van der Waals surface area contributed by atoms with Gasteiger partial charge in [0.15, 0.2) is 0 Å². The van der Waals surface area contributed by atoms with Gasteiger partial charge in [-0.1, -0.05) is 0 Å².